The van der Waals surface area contributed by atoms with Gasteiger partial charge in [-0.15, -0.1) is 0 Å². The first kappa shape index (κ1) is 22.7. The summed E-state index contributed by atoms with van der Waals surface area (Å²) in [6.07, 6.45) is 5.18. The Labute approximate surface area is 180 Å². The normalized spacial score (nSPS) is 21.6. The quantitative estimate of drug-likeness (QED) is 0.699. The lowest BCUT2D eigenvalue weighted by Gasteiger charge is -2.43. The zero-order valence-electron chi connectivity index (χ0n) is 18.8. The molecular weight excluding hydrogens is 378 g/mol. The molecule has 2 aliphatic heterocycles. The van der Waals surface area contributed by atoms with Crippen molar-refractivity contribution in [3.8, 4) is 0 Å². The van der Waals surface area contributed by atoms with Gasteiger partial charge in [-0.2, -0.15) is 0 Å². The van der Waals surface area contributed by atoms with Crippen molar-refractivity contribution in [2.24, 2.45) is 5.92 Å². The number of hydrogen-bond acceptors (Lipinski definition) is 5. The molecule has 30 heavy (non-hydrogen) atoms. The molecule has 2 fully saturated rings. The van der Waals surface area contributed by atoms with Gasteiger partial charge in [0.1, 0.15) is 0 Å². The molecule has 2 saturated heterocycles. The van der Waals surface area contributed by atoms with Crippen molar-refractivity contribution in [2.75, 3.05) is 45.8 Å². The van der Waals surface area contributed by atoms with E-state index in [1.54, 1.807) is 0 Å². The third-order valence-electron chi connectivity index (χ3n) is 6.54. The number of piperazine rings is 1. The zero-order valence-corrected chi connectivity index (χ0v) is 18.8. The lowest BCUT2D eigenvalue weighted by molar-refractivity contribution is -0.132. The van der Waals surface area contributed by atoms with Gasteiger partial charge >= 0.3 is 0 Å². The van der Waals surface area contributed by atoms with Gasteiger partial charge in [0.15, 0.2) is 0 Å². The minimum atomic E-state index is -0.0490. The van der Waals surface area contributed by atoms with E-state index >= 15 is 0 Å². The molecule has 2 amide bonds. The molecule has 3 heterocycles. The van der Waals surface area contributed by atoms with Crippen LogP contribution >= 0.6 is 0 Å². The zero-order chi connectivity index (χ0) is 21.5. The van der Waals surface area contributed by atoms with E-state index in [0.717, 1.165) is 64.2 Å². The summed E-state index contributed by atoms with van der Waals surface area (Å²) in [5.74, 6) is 0.492. The maximum atomic E-state index is 12.5. The Morgan fingerprint density at radius 1 is 1.20 bits per heavy atom. The van der Waals surface area contributed by atoms with E-state index in [4.69, 9.17) is 0 Å². The van der Waals surface area contributed by atoms with Gasteiger partial charge in [-0.05, 0) is 37.3 Å². The maximum Gasteiger partial charge on any atom is 0.241 e. The van der Waals surface area contributed by atoms with Crippen LogP contribution in [0.5, 0.6) is 0 Å². The predicted molar refractivity (Wildman–Crippen MR) is 118 cm³/mol. The van der Waals surface area contributed by atoms with Crippen LogP contribution < -0.4 is 5.32 Å². The van der Waals surface area contributed by atoms with Crippen LogP contribution in [0, 0.1) is 12.8 Å². The highest BCUT2D eigenvalue weighted by Gasteiger charge is 2.31. The molecular formula is C23H37N5O2. The Kier molecular flexibility index (Phi) is 8.22. The predicted octanol–water partition coefficient (Wildman–Crippen LogP) is 1.66. The molecule has 2 atom stereocenters. The maximum absolute atomic E-state index is 12.5. The number of carbonyl (C=O) groups excluding carboxylic acids is 2. The van der Waals surface area contributed by atoms with Crippen molar-refractivity contribution in [1.29, 1.82) is 0 Å². The van der Waals surface area contributed by atoms with E-state index in [2.05, 4.69) is 46.1 Å². The molecule has 0 unspecified atom stereocenters. The van der Waals surface area contributed by atoms with Gasteiger partial charge in [0, 0.05) is 57.2 Å². The highest BCUT2D eigenvalue weighted by molar-refractivity contribution is 5.85. The van der Waals surface area contributed by atoms with Gasteiger partial charge in [-0.25, -0.2) is 0 Å². The van der Waals surface area contributed by atoms with Crippen LogP contribution in [0.4, 0.5) is 0 Å². The fourth-order valence-corrected chi connectivity index (χ4v) is 4.40. The molecule has 0 saturated carbocycles. The number of aromatic nitrogens is 1. The number of rotatable bonds is 8. The highest BCUT2D eigenvalue weighted by atomic mass is 16.2. The van der Waals surface area contributed by atoms with Crippen molar-refractivity contribution in [3.63, 3.8) is 0 Å². The number of nitrogens with one attached hydrogen (secondary N) is 1. The standard InChI is InChI=1S/C23H37N5O2/c1-4-18(2)21-16-26(15-20-8-7-19(3)24-13-20)11-12-28(21)17-22(29)25-14-23(30)27-9-5-6-10-27/h7-8,13,18,21H,4-6,9-12,14-17H2,1-3H3,(H,25,29)/t18-,21-/m0/s1. The first-order valence-electron chi connectivity index (χ1n) is 11.4. The van der Waals surface area contributed by atoms with Crippen LogP contribution in [0.2, 0.25) is 0 Å². The number of carbonyl (C=O) groups is 2. The van der Waals surface area contributed by atoms with Crippen molar-refractivity contribution in [1.82, 2.24) is 25.0 Å². The number of likely N-dealkylation sites (tertiary alicyclic amines) is 1. The highest BCUT2D eigenvalue weighted by Crippen LogP contribution is 2.21. The van der Waals surface area contributed by atoms with Gasteiger partial charge in [0.2, 0.25) is 11.8 Å². The molecule has 7 nitrogen and oxygen atoms in total. The van der Waals surface area contributed by atoms with Gasteiger partial charge in [0.25, 0.3) is 0 Å². The first-order chi connectivity index (χ1) is 14.5. The average Bonchev–Trinajstić information content (AvgIpc) is 3.29. The summed E-state index contributed by atoms with van der Waals surface area (Å²) in [5, 5.41) is 2.85. The SMILES string of the molecule is CC[C@H](C)[C@@H]1CN(Cc2ccc(C)nc2)CCN1CC(=O)NCC(=O)N1CCCC1. The van der Waals surface area contributed by atoms with Gasteiger partial charge in [0.05, 0.1) is 13.1 Å². The van der Waals surface area contributed by atoms with Crippen LogP contribution in [-0.4, -0.2) is 83.4 Å². The van der Waals surface area contributed by atoms with E-state index in [9.17, 15) is 9.59 Å². The second kappa shape index (κ2) is 10.9. The van der Waals surface area contributed by atoms with Crippen LogP contribution in [0.1, 0.15) is 44.4 Å². The molecule has 1 aromatic rings. The molecule has 3 rings (SSSR count). The summed E-state index contributed by atoms with van der Waals surface area (Å²) in [6, 6.07) is 4.55. The number of nitrogens with zero attached hydrogens (tertiary/aromatic N) is 4. The van der Waals surface area contributed by atoms with Crippen molar-refractivity contribution in [3.05, 3.63) is 29.6 Å². The van der Waals surface area contributed by atoms with Crippen LogP contribution in [0.3, 0.4) is 0 Å². The Hall–Kier alpha value is -1.99. The summed E-state index contributed by atoms with van der Waals surface area (Å²) in [6.45, 7) is 12.2. The fourth-order valence-electron chi connectivity index (χ4n) is 4.40. The Morgan fingerprint density at radius 3 is 2.63 bits per heavy atom. The molecule has 7 heteroatoms. The van der Waals surface area contributed by atoms with Gasteiger partial charge in [-0.1, -0.05) is 26.3 Å². The second-order valence-corrected chi connectivity index (χ2v) is 8.83. The average molecular weight is 416 g/mol. The number of amides is 2. The topological polar surface area (TPSA) is 68.8 Å². The van der Waals surface area contributed by atoms with Gasteiger partial charge < -0.3 is 10.2 Å². The van der Waals surface area contributed by atoms with E-state index in [-0.39, 0.29) is 18.4 Å². The summed E-state index contributed by atoms with van der Waals surface area (Å²) in [4.78, 5) is 35.8. The summed E-state index contributed by atoms with van der Waals surface area (Å²) in [7, 11) is 0. The molecule has 0 spiro atoms. The Balaban J connectivity index is 1.51. The third-order valence-corrected chi connectivity index (χ3v) is 6.54. The largest absolute Gasteiger partial charge is 0.346 e. The molecule has 0 aliphatic carbocycles. The van der Waals surface area contributed by atoms with E-state index in [1.165, 1.54) is 5.56 Å². The monoisotopic (exact) mass is 415 g/mol. The van der Waals surface area contributed by atoms with E-state index in [0.29, 0.717) is 18.5 Å². The van der Waals surface area contributed by atoms with Gasteiger partial charge in [-0.3, -0.25) is 24.4 Å². The molecule has 0 aromatic carbocycles. The van der Waals surface area contributed by atoms with Crippen LogP contribution in [-0.2, 0) is 16.1 Å². The minimum absolute atomic E-state index is 0.0378. The smallest absolute Gasteiger partial charge is 0.241 e. The van der Waals surface area contributed by atoms with Crippen molar-refractivity contribution in [2.45, 2.75) is 52.6 Å². The molecule has 1 aromatic heterocycles. The Bertz CT molecular complexity index is 702. The molecule has 166 valence electrons. The van der Waals surface area contributed by atoms with E-state index < -0.39 is 0 Å². The summed E-state index contributed by atoms with van der Waals surface area (Å²) in [5.41, 5.74) is 2.27. The summed E-state index contributed by atoms with van der Waals surface area (Å²) >= 11 is 0. The lowest BCUT2D eigenvalue weighted by Crippen LogP contribution is -2.57. The fraction of sp³-hybridized carbons (Fsp3) is 0.696. The molecule has 0 radical (unpaired) electrons. The summed E-state index contributed by atoms with van der Waals surface area (Å²) < 4.78 is 0. The third kappa shape index (κ3) is 6.25. The van der Waals surface area contributed by atoms with E-state index in [1.807, 2.05) is 18.0 Å². The number of aryl methyl sites for hydroxylation is 1. The molecule has 2 aliphatic rings. The Morgan fingerprint density at radius 2 is 1.97 bits per heavy atom. The van der Waals surface area contributed by atoms with Crippen molar-refractivity contribution < 1.29 is 9.59 Å². The minimum Gasteiger partial charge on any atom is -0.346 e. The second-order valence-electron chi connectivity index (χ2n) is 8.83. The number of hydrogen-bond donors (Lipinski definition) is 1. The first-order valence-corrected chi connectivity index (χ1v) is 11.4. The van der Waals surface area contributed by atoms with Crippen LogP contribution in [0.15, 0.2) is 18.3 Å². The molecule has 1 N–H and O–H groups in total. The number of pyridine rings is 1. The van der Waals surface area contributed by atoms with Crippen LogP contribution in [0.25, 0.3) is 0 Å². The lowest BCUT2D eigenvalue weighted by atomic mass is 9.95. The van der Waals surface area contributed by atoms with Crippen molar-refractivity contribution >= 4 is 11.8 Å². The molecule has 0 bridgehead atoms.